The summed E-state index contributed by atoms with van der Waals surface area (Å²) in [6, 6.07) is 16.3. The van der Waals surface area contributed by atoms with E-state index in [-0.39, 0.29) is 12.2 Å². The standard InChI is InChI=1S/C36H42ClN3O5/c1-9-24-14-18-26(19-15-24)31(32(42)39-30-23(3)12-11-13-28(30)37)40(36(7,8)10-2)33(43)29(38-34(44)45-35(4,5)6)22-25-16-20-27(41)21-17-25/h1,11-21,29,31,41H,10,22H2,2-8H3,(H,38,44)(H,39,42). The second kappa shape index (κ2) is 14.5. The predicted molar refractivity (Wildman–Crippen MR) is 178 cm³/mol. The maximum absolute atomic E-state index is 14.8. The molecule has 3 aromatic carbocycles. The summed E-state index contributed by atoms with van der Waals surface area (Å²) in [5, 5.41) is 15.9. The fourth-order valence-corrected chi connectivity index (χ4v) is 5.06. The monoisotopic (exact) mass is 631 g/mol. The van der Waals surface area contributed by atoms with Crippen LogP contribution in [0.5, 0.6) is 5.75 Å². The Morgan fingerprint density at radius 2 is 1.62 bits per heavy atom. The van der Waals surface area contributed by atoms with Gasteiger partial charge >= 0.3 is 6.09 Å². The molecule has 0 heterocycles. The summed E-state index contributed by atoms with van der Waals surface area (Å²) in [7, 11) is 0. The number of terminal acetylenes is 1. The number of benzene rings is 3. The third kappa shape index (κ3) is 9.26. The van der Waals surface area contributed by atoms with E-state index in [0.29, 0.717) is 33.8 Å². The molecule has 2 unspecified atom stereocenters. The van der Waals surface area contributed by atoms with Crippen molar-refractivity contribution in [3.8, 4) is 18.1 Å². The average molecular weight is 632 g/mol. The lowest BCUT2D eigenvalue weighted by molar-refractivity contribution is -0.147. The minimum Gasteiger partial charge on any atom is -0.508 e. The highest BCUT2D eigenvalue weighted by Gasteiger charge is 2.43. The molecule has 2 atom stereocenters. The van der Waals surface area contributed by atoms with Crippen LogP contribution in [0.3, 0.4) is 0 Å². The Hall–Kier alpha value is -4.48. The highest BCUT2D eigenvalue weighted by molar-refractivity contribution is 6.34. The highest BCUT2D eigenvalue weighted by Crippen LogP contribution is 2.35. The van der Waals surface area contributed by atoms with Gasteiger partial charge in [-0.25, -0.2) is 4.79 Å². The van der Waals surface area contributed by atoms with E-state index in [0.717, 1.165) is 5.56 Å². The number of ether oxygens (including phenoxy) is 1. The van der Waals surface area contributed by atoms with Crippen LogP contribution in [0.4, 0.5) is 10.5 Å². The van der Waals surface area contributed by atoms with Gasteiger partial charge in [-0.3, -0.25) is 9.59 Å². The van der Waals surface area contributed by atoms with Crippen LogP contribution in [0, 0.1) is 19.3 Å². The van der Waals surface area contributed by atoms with Gasteiger partial charge in [0.25, 0.3) is 5.91 Å². The summed E-state index contributed by atoms with van der Waals surface area (Å²) >= 11 is 6.49. The Morgan fingerprint density at radius 1 is 1.00 bits per heavy atom. The maximum Gasteiger partial charge on any atom is 0.408 e. The number of phenols is 1. The summed E-state index contributed by atoms with van der Waals surface area (Å²) in [5.74, 6) is 1.66. The van der Waals surface area contributed by atoms with Gasteiger partial charge in [-0.05, 0) is 95.0 Å². The van der Waals surface area contributed by atoms with Gasteiger partial charge in [0, 0.05) is 17.5 Å². The van der Waals surface area contributed by atoms with Crippen molar-refractivity contribution in [1.29, 1.82) is 0 Å². The van der Waals surface area contributed by atoms with Gasteiger partial charge in [-0.1, -0.05) is 60.8 Å². The molecule has 0 aliphatic carbocycles. The molecule has 0 saturated heterocycles. The number of aromatic hydroxyl groups is 1. The van der Waals surface area contributed by atoms with Gasteiger partial charge in [0.05, 0.1) is 10.7 Å². The van der Waals surface area contributed by atoms with Crippen LogP contribution < -0.4 is 10.6 Å². The average Bonchev–Trinajstić information content (AvgIpc) is 2.97. The Morgan fingerprint density at radius 3 is 2.16 bits per heavy atom. The molecule has 0 aliphatic heterocycles. The quantitative estimate of drug-likeness (QED) is 0.206. The van der Waals surface area contributed by atoms with Crippen molar-refractivity contribution in [1.82, 2.24) is 10.2 Å². The van der Waals surface area contributed by atoms with Gasteiger partial charge in [-0.15, -0.1) is 6.42 Å². The molecule has 0 bridgehead atoms. The predicted octanol–water partition coefficient (Wildman–Crippen LogP) is 7.17. The first-order chi connectivity index (χ1) is 21.1. The fraction of sp³-hybridized carbons (Fsp3) is 0.361. The highest BCUT2D eigenvalue weighted by atomic mass is 35.5. The van der Waals surface area contributed by atoms with Gasteiger partial charge in [-0.2, -0.15) is 0 Å². The number of carbonyl (C=O) groups is 3. The number of rotatable bonds is 10. The number of para-hydroxylation sites is 1. The molecule has 0 saturated carbocycles. The van der Waals surface area contributed by atoms with Gasteiger partial charge < -0.3 is 25.4 Å². The van der Waals surface area contributed by atoms with Crippen LogP contribution in [-0.2, 0) is 20.7 Å². The molecule has 45 heavy (non-hydrogen) atoms. The van der Waals surface area contributed by atoms with E-state index in [9.17, 15) is 19.5 Å². The molecule has 9 heteroatoms. The summed E-state index contributed by atoms with van der Waals surface area (Å²) in [6.45, 7) is 12.7. The number of nitrogens with one attached hydrogen (secondary N) is 2. The van der Waals surface area contributed by atoms with E-state index in [1.165, 1.54) is 17.0 Å². The molecule has 0 fully saturated rings. The number of carbonyl (C=O) groups excluding carboxylic acids is 3. The van der Waals surface area contributed by atoms with Crippen molar-refractivity contribution in [2.24, 2.45) is 0 Å². The van der Waals surface area contributed by atoms with Crippen LogP contribution in [0.2, 0.25) is 5.02 Å². The molecule has 238 valence electrons. The first kappa shape index (κ1) is 35.0. The maximum atomic E-state index is 14.8. The van der Waals surface area contributed by atoms with Gasteiger partial charge in [0.1, 0.15) is 23.4 Å². The molecule has 3 aromatic rings. The number of hydrogen-bond acceptors (Lipinski definition) is 5. The number of alkyl carbamates (subject to hydrolysis) is 1. The topological polar surface area (TPSA) is 108 Å². The first-order valence-electron chi connectivity index (χ1n) is 14.8. The van der Waals surface area contributed by atoms with E-state index in [2.05, 4.69) is 16.6 Å². The molecular formula is C36H42ClN3O5. The zero-order valence-electron chi connectivity index (χ0n) is 26.9. The lowest BCUT2D eigenvalue weighted by Gasteiger charge is -2.44. The fourth-order valence-electron chi connectivity index (χ4n) is 4.79. The molecule has 0 spiro atoms. The lowest BCUT2D eigenvalue weighted by Crippen LogP contribution is -2.59. The van der Waals surface area contributed by atoms with E-state index in [1.54, 1.807) is 69.3 Å². The van der Waals surface area contributed by atoms with Crippen molar-refractivity contribution in [3.63, 3.8) is 0 Å². The van der Waals surface area contributed by atoms with Crippen LogP contribution in [0.25, 0.3) is 0 Å². The van der Waals surface area contributed by atoms with Crippen LogP contribution in [0.15, 0.2) is 66.7 Å². The van der Waals surface area contributed by atoms with E-state index in [1.807, 2.05) is 33.8 Å². The smallest absolute Gasteiger partial charge is 0.408 e. The number of halogens is 1. The van der Waals surface area contributed by atoms with Crippen LogP contribution >= 0.6 is 11.6 Å². The molecule has 3 amide bonds. The van der Waals surface area contributed by atoms with Gasteiger partial charge in [0.2, 0.25) is 5.91 Å². The van der Waals surface area contributed by atoms with Crippen molar-refractivity contribution < 1.29 is 24.2 Å². The summed E-state index contributed by atoms with van der Waals surface area (Å²) in [5.41, 5.74) is 1.32. The molecule has 8 nitrogen and oxygen atoms in total. The second-order valence-electron chi connectivity index (χ2n) is 12.5. The molecule has 0 aromatic heterocycles. The van der Waals surface area contributed by atoms with E-state index in [4.69, 9.17) is 22.8 Å². The number of nitrogens with zero attached hydrogens (tertiary/aromatic N) is 1. The summed E-state index contributed by atoms with van der Waals surface area (Å²) < 4.78 is 5.52. The molecule has 3 rings (SSSR count). The third-order valence-corrected chi connectivity index (χ3v) is 7.80. The second-order valence-corrected chi connectivity index (χ2v) is 12.9. The van der Waals surface area contributed by atoms with Crippen LogP contribution in [-0.4, -0.2) is 45.1 Å². The Balaban J connectivity index is 2.18. The zero-order chi connectivity index (χ0) is 33.5. The van der Waals surface area contributed by atoms with Crippen molar-refractivity contribution in [2.75, 3.05) is 5.32 Å². The minimum absolute atomic E-state index is 0.0671. The Kier molecular flexibility index (Phi) is 11.3. The minimum atomic E-state index is -1.14. The van der Waals surface area contributed by atoms with Crippen LogP contribution in [0.1, 0.15) is 76.3 Å². The normalized spacial score (nSPS) is 12.8. The number of amides is 3. The molecular weight excluding hydrogens is 590 g/mol. The SMILES string of the molecule is C#Cc1ccc(C(C(=O)Nc2c(C)cccc2Cl)N(C(=O)C(Cc2ccc(O)cc2)NC(=O)OC(C)(C)C)C(C)(C)CC)cc1. The largest absolute Gasteiger partial charge is 0.508 e. The van der Waals surface area contributed by atoms with Crippen molar-refractivity contribution in [3.05, 3.63) is 94.0 Å². The summed E-state index contributed by atoms with van der Waals surface area (Å²) in [4.78, 5) is 43.8. The molecule has 0 aliphatic rings. The Labute approximate surface area is 271 Å². The first-order valence-corrected chi connectivity index (χ1v) is 15.2. The van der Waals surface area contributed by atoms with Crippen molar-refractivity contribution in [2.45, 2.75) is 84.5 Å². The molecule has 3 N–H and O–H groups in total. The number of aryl methyl sites for hydroxylation is 1. The number of anilines is 1. The number of hydrogen-bond donors (Lipinski definition) is 3. The Bertz CT molecular complexity index is 1530. The van der Waals surface area contributed by atoms with E-state index >= 15 is 0 Å². The van der Waals surface area contributed by atoms with E-state index < -0.39 is 41.1 Å². The lowest BCUT2D eigenvalue weighted by atomic mass is 9.90. The van der Waals surface area contributed by atoms with Crippen molar-refractivity contribution >= 4 is 35.2 Å². The van der Waals surface area contributed by atoms with Gasteiger partial charge in [0.15, 0.2) is 0 Å². The number of phenolic OH excluding ortho intramolecular Hbond substituents is 1. The molecule has 0 radical (unpaired) electrons. The third-order valence-electron chi connectivity index (χ3n) is 7.49. The summed E-state index contributed by atoms with van der Waals surface area (Å²) in [6.07, 6.45) is 5.38. The zero-order valence-corrected chi connectivity index (χ0v) is 27.7.